The number of anilines is 1. The van der Waals surface area contributed by atoms with Crippen LogP contribution in [0, 0.1) is 0 Å². The highest BCUT2D eigenvalue weighted by Crippen LogP contribution is 2.49. The number of methoxy groups -OCH3 is 1. The fourth-order valence-corrected chi connectivity index (χ4v) is 10.1. The number of hydrogen-bond acceptors (Lipinski definition) is 17. The lowest BCUT2D eigenvalue weighted by Gasteiger charge is -2.36. The highest BCUT2D eigenvalue weighted by molar-refractivity contribution is 7.54. The fourth-order valence-electron chi connectivity index (χ4n) is 8.38. The molecule has 0 radical (unpaired) electrons. The van der Waals surface area contributed by atoms with Crippen LogP contribution in [0.15, 0.2) is 36.4 Å². The molecule has 0 bridgehead atoms. The first-order valence-electron chi connectivity index (χ1n) is 23.8. The van der Waals surface area contributed by atoms with Gasteiger partial charge in [0.1, 0.15) is 43.0 Å². The van der Waals surface area contributed by atoms with Crippen molar-refractivity contribution in [2.45, 2.75) is 115 Å². The normalized spacial score (nSPS) is 18.8. The summed E-state index contributed by atoms with van der Waals surface area (Å²) in [6.45, 7) is 2.30. The maximum atomic E-state index is 14.8. The van der Waals surface area contributed by atoms with Crippen molar-refractivity contribution in [3.8, 4) is 11.4 Å². The van der Waals surface area contributed by atoms with E-state index in [1.807, 2.05) is 42.2 Å². The molecule has 67 heavy (non-hydrogen) atoms. The van der Waals surface area contributed by atoms with Gasteiger partial charge in [-0.25, -0.2) is 24.4 Å². The molecule has 2 aromatic rings. The lowest BCUT2D eigenvalue weighted by atomic mass is 9.98. The molecule has 3 amide bonds. The number of carbonyl (C=O) groups excluding carboxylic acids is 5. The van der Waals surface area contributed by atoms with E-state index >= 15 is 0 Å². The molecule has 1 N–H and O–H groups in total. The summed E-state index contributed by atoms with van der Waals surface area (Å²) < 4.78 is 58.8. The molecule has 0 spiro atoms. The number of piperazine rings is 1. The average molecular weight is 959 g/mol. The summed E-state index contributed by atoms with van der Waals surface area (Å²) in [4.78, 5) is 81.2. The quantitative estimate of drug-likeness (QED) is 0.0591. The minimum Gasteiger partial charge on any atom is -0.449 e. The second kappa shape index (κ2) is 26.5. The lowest BCUT2D eigenvalue weighted by molar-refractivity contribution is -0.134. The van der Waals surface area contributed by atoms with Crippen molar-refractivity contribution in [1.29, 1.82) is 0 Å². The van der Waals surface area contributed by atoms with Gasteiger partial charge in [0.05, 0.1) is 32.1 Å². The van der Waals surface area contributed by atoms with Gasteiger partial charge < -0.3 is 57.5 Å². The van der Waals surface area contributed by atoms with Crippen LogP contribution in [0.4, 0.5) is 20.2 Å². The molecule has 1 aromatic heterocycles. The number of nitrogens with one attached hydrogen (secondary N) is 1. The third-order valence-electron chi connectivity index (χ3n) is 12.2. The summed E-state index contributed by atoms with van der Waals surface area (Å²) >= 11 is 0. The van der Waals surface area contributed by atoms with Gasteiger partial charge >= 0.3 is 26.0 Å². The number of unbranched alkanes of at least 4 members (excludes halogenated alkanes) is 1. The van der Waals surface area contributed by atoms with Gasteiger partial charge in [0.15, 0.2) is 5.82 Å². The average Bonchev–Trinajstić information content (AvgIpc) is 3.85. The van der Waals surface area contributed by atoms with Crippen LogP contribution in [-0.4, -0.2) is 160 Å². The van der Waals surface area contributed by atoms with E-state index in [0.29, 0.717) is 24.5 Å². The van der Waals surface area contributed by atoms with Gasteiger partial charge in [-0.05, 0) is 64.2 Å². The lowest BCUT2D eigenvalue weighted by Crippen LogP contribution is -2.57. The molecule has 370 valence electrons. The van der Waals surface area contributed by atoms with E-state index < -0.39 is 63.2 Å². The smallest absolute Gasteiger partial charge is 0.449 e. The van der Waals surface area contributed by atoms with Crippen molar-refractivity contribution in [2.75, 3.05) is 90.5 Å². The Hall–Kier alpha value is -5.04. The Morgan fingerprint density at radius 1 is 0.716 bits per heavy atom. The highest BCUT2D eigenvalue weighted by atomic mass is 31.2. The van der Waals surface area contributed by atoms with Gasteiger partial charge in [-0.3, -0.25) is 14.2 Å². The molecule has 2 saturated carbocycles. The van der Waals surface area contributed by atoms with E-state index in [1.54, 1.807) is 7.11 Å². The van der Waals surface area contributed by atoms with E-state index in [1.165, 1.54) is 15.9 Å². The van der Waals surface area contributed by atoms with Crippen molar-refractivity contribution in [3.05, 3.63) is 42.1 Å². The Bertz CT molecular complexity index is 1920. The summed E-state index contributed by atoms with van der Waals surface area (Å²) in [6, 6.07) is 9.14. The largest absolute Gasteiger partial charge is 0.508 e. The summed E-state index contributed by atoms with van der Waals surface area (Å²) in [5, 5.41) is 2.77. The monoisotopic (exact) mass is 958 g/mol. The molecule has 4 aliphatic rings. The van der Waals surface area contributed by atoms with Crippen LogP contribution >= 0.6 is 7.60 Å². The zero-order chi connectivity index (χ0) is 47.4. The molecule has 6 rings (SSSR count). The summed E-state index contributed by atoms with van der Waals surface area (Å²) in [7, 11) is -2.78. The standard InChI is InChI=1S/C46H67N6O14P/c1-3-4-26-60-44(55)51-24-22-50(23-25-51)43(54)39(48-42(53)38-31-40(52-21-20-37(32-52)59-2)49-41(47-38)34-14-8-5-9-15-34)33-67(58,63-29-27-61-45(56)65-35-16-10-6-11-17-35)64-30-28-62-46(57)66-36-18-12-7-13-19-36/h5,8-9,14-15,31,35-37,39H,3-4,6-7,10-13,16-30,32-33H2,1-2H3,(H,48,53)/t37-,39?/m0/s1. The number of amides is 3. The van der Waals surface area contributed by atoms with Crippen LogP contribution in [-0.2, 0) is 46.8 Å². The maximum Gasteiger partial charge on any atom is 0.508 e. The number of nitrogens with zero attached hydrogens (tertiary/aromatic N) is 5. The topological polar surface area (TPSA) is 224 Å². The number of rotatable bonds is 21. The molecule has 1 aromatic carbocycles. The van der Waals surface area contributed by atoms with Gasteiger partial charge in [0.2, 0.25) is 5.91 Å². The van der Waals surface area contributed by atoms with Crippen LogP contribution in [0.3, 0.4) is 0 Å². The van der Waals surface area contributed by atoms with E-state index in [0.717, 1.165) is 83.5 Å². The fraction of sp³-hybridized carbons (Fsp3) is 0.674. The molecule has 4 fully saturated rings. The van der Waals surface area contributed by atoms with E-state index in [4.69, 9.17) is 42.5 Å². The van der Waals surface area contributed by atoms with Crippen molar-refractivity contribution in [1.82, 2.24) is 25.1 Å². The minimum absolute atomic E-state index is 0.0388. The summed E-state index contributed by atoms with van der Waals surface area (Å²) in [5.74, 6) is -0.645. The van der Waals surface area contributed by atoms with Crippen molar-refractivity contribution < 1.29 is 66.0 Å². The van der Waals surface area contributed by atoms with E-state index in [2.05, 4.69) is 10.3 Å². The van der Waals surface area contributed by atoms with Crippen LogP contribution in [0.25, 0.3) is 11.4 Å². The first-order valence-corrected chi connectivity index (χ1v) is 25.5. The molecule has 2 atom stereocenters. The Morgan fingerprint density at radius 3 is 1.88 bits per heavy atom. The zero-order valence-corrected chi connectivity index (χ0v) is 39.7. The molecule has 2 aliphatic heterocycles. The van der Waals surface area contributed by atoms with Crippen LogP contribution in [0.1, 0.15) is 101 Å². The first kappa shape index (κ1) is 51.4. The molecule has 1 unspecified atom stereocenters. The SMILES string of the molecule is CCCCOC(=O)N1CCN(C(=O)C(CP(=O)(OCCOC(=O)OC2CCCCC2)OCCOC(=O)OC2CCCCC2)NC(=O)c2cc(N3CC[C@H](OC)C3)nc(-c3ccccc3)n2)CC1. The molecular formula is C46H67N6O14P. The molecule has 2 saturated heterocycles. The van der Waals surface area contributed by atoms with Crippen molar-refractivity contribution >= 4 is 43.6 Å². The molecule has 21 heteroatoms. The van der Waals surface area contributed by atoms with Gasteiger partial charge in [-0.15, -0.1) is 0 Å². The van der Waals surface area contributed by atoms with Gasteiger partial charge in [0.25, 0.3) is 5.91 Å². The molecule has 20 nitrogen and oxygen atoms in total. The van der Waals surface area contributed by atoms with Gasteiger partial charge in [-0.2, -0.15) is 0 Å². The van der Waals surface area contributed by atoms with Gasteiger partial charge in [0, 0.05) is 58.0 Å². The number of carbonyl (C=O) groups is 5. The van der Waals surface area contributed by atoms with Crippen LogP contribution in [0.2, 0.25) is 0 Å². The number of benzene rings is 1. The number of ether oxygens (including phenoxy) is 6. The van der Waals surface area contributed by atoms with Gasteiger partial charge in [-0.1, -0.05) is 56.5 Å². The molecular weight excluding hydrogens is 892 g/mol. The number of hydrogen-bond donors (Lipinski definition) is 1. The maximum absolute atomic E-state index is 14.8. The molecule has 3 heterocycles. The van der Waals surface area contributed by atoms with Crippen LogP contribution in [0.5, 0.6) is 0 Å². The zero-order valence-electron chi connectivity index (χ0n) is 38.8. The second-order valence-electron chi connectivity index (χ2n) is 17.1. The Morgan fingerprint density at radius 2 is 1.31 bits per heavy atom. The first-order chi connectivity index (χ1) is 32.5. The predicted octanol–water partition coefficient (Wildman–Crippen LogP) is 6.75. The van der Waals surface area contributed by atoms with Crippen molar-refractivity contribution in [3.63, 3.8) is 0 Å². The third-order valence-corrected chi connectivity index (χ3v) is 14.1. The third kappa shape index (κ3) is 16.3. The summed E-state index contributed by atoms with van der Waals surface area (Å²) in [5.41, 5.74) is 0.592. The van der Waals surface area contributed by atoms with Crippen LogP contribution < -0.4 is 10.2 Å². The predicted molar refractivity (Wildman–Crippen MR) is 244 cm³/mol. The Labute approximate surface area is 392 Å². The Balaban J connectivity index is 1.21. The minimum atomic E-state index is -4.42. The van der Waals surface area contributed by atoms with E-state index in [9.17, 15) is 28.5 Å². The number of aromatic nitrogens is 2. The summed E-state index contributed by atoms with van der Waals surface area (Å²) in [6.07, 6.45) is 7.69. The highest BCUT2D eigenvalue weighted by Gasteiger charge is 2.39. The van der Waals surface area contributed by atoms with E-state index in [-0.39, 0.29) is 75.8 Å². The Kier molecular flexibility index (Phi) is 20.3. The second-order valence-corrected chi connectivity index (χ2v) is 19.2. The molecule has 2 aliphatic carbocycles. The van der Waals surface area contributed by atoms with Crippen molar-refractivity contribution in [2.24, 2.45) is 0 Å².